The van der Waals surface area contributed by atoms with Gasteiger partial charge in [-0.2, -0.15) is 8.78 Å². The number of rotatable bonds is 8. The van der Waals surface area contributed by atoms with Crippen molar-refractivity contribution in [2.75, 3.05) is 26.8 Å². The molecular weight excluding hydrogens is 506 g/mol. The molecule has 1 saturated heterocycles. The van der Waals surface area contributed by atoms with Crippen molar-refractivity contribution >= 4 is 21.9 Å². The lowest BCUT2D eigenvalue weighted by Gasteiger charge is -2.31. The molecule has 0 amide bonds. The number of imidazole rings is 1. The number of nitrogens with zero attached hydrogens (tertiary/aromatic N) is 5. The first-order valence-electron chi connectivity index (χ1n) is 12.4. The van der Waals surface area contributed by atoms with Crippen LogP contribution in [0.25, 0.3) is 33.1 Å². The Morgan fingerprint density at radius 3 is 2.50 bits per heavy atom. The van der Waals surface area contributed by atoms with Gasteiger partial charge in [-0.25, -0.2) is 13.8 Å². The van der Waals surface area contributed by atoms with E-state index in [1.165, 1.54) is 0 Å². The third kappa shape index (κ3) is 4.94. The number of benzene rings is 1. The summed E-state index contributed by atoms with van der Waals surface area (Å²) in [6, 6.07) is 3.20. The number of ether oxygens (including phenoxy) is 2. The van der Waals surface area contributed by atoms with Gasteiger partial charge in [0.25, 0.3) is 5.92 Å². The lowest BCUT2D eigenvalue weighted by atomic mass is 10.0. The average molecular weight is 536 g/mol. The van der Waals surface area contributed by atoms with Gasteiger partial charge in [0.2, 0.25) is 0 Å². The summed E-state index contributed by atoms with van der Waals surface area (Å²) >= 11 is 0. The Kier molecular flexibility index (Phi) is 7.03. The van der Waals surface area contributed by atoms with E-state index < -0.39 is 18.6 Å². The molecule has 8 nitrogen and oxygen atoms in total. The summed E-state index contributed by atoms with van der Waals surface area (Å²) in [4.78, 5) is 11.3. The minimum atomic E-state index is -2.92. The number of alkyl halides is 4. The lowest BCUT2D eigenvalue weighted by Crippen LogP contribution is -2.39. The van der Waals surface area contributed by atoms with Crippen molar-refractivity contribution in [3.8, 4) is 16.9 Å². The number of hydrogen-bond donors (Lipinski definition) is 0. The zero-order valence-electron chi connectivity index (χ0n) is 21.6. The molecule has 3 aromatic heterocycles. The van der Waals surface area contributed by atoms with E-state index in [1.54, 1.807) is 20.2 Å². The third-order valence-electron chi connectivity index (χ3n) is 7.07. The Balaban J connectivity index is 1.66. The van der Waals surface area contributed by atoms with Crippen LogP contribution in [0.4, 0.5) is 17.6 Å². The molecular formula is C26H29F4N5O3. The second-order valence-corrected chi connectivity index (χ2v) is 9.73. The Hall–Kier alpha value is -3.25. The number of piperidine rings is 1. The number of methoxy groups -OCH3 is 1. The van der Waals surface area contributed by atoms with Crippen LogP contribution in [0.5, 0.6) is 5.75 Å². The molecule has 204 valence electrons. The average Bonchev–Trinajstić information content (AvgIpc) is 3.41. The summed E-state index contributed by atoms with van der Waals surface area (Å²) in [5, 5.41) is 4.76. The fraction of sp³-hybridized carbons (Fsp3) is 0.500. The normalized spacial score (nSPS) is 17.1. The third-order valence-corrected chi connectivity index (χ3v) is 7.07. The number of halogens is 4. The first-order chi connectivity index (χ1) is 18.1. The summed E-state index contributed by atoms with van der Waals surface area (Å²) in [5.41, 5.74) is 4.16. The van der Waals surface area contributed by atoms with Crippen LogP contribution in [-0.4, -0.2) is 63.9 Å². The van der Waals surface area contributed by atoms with Gasteiger partial charge in [0.1, 0.15) is 22.9 Å². The predicted molar refractivity (Wildman–Crippen MR) is 133 cm³/mol. The monoisotopic (exact) mass is 535 g/mol. The molecule has 0 N–H and O–H groups in total. The van der Waals surface area contributed by atoms with Crippen LogP contribution in [0.2, 0.25) is 0 Å². The Morgan fingerprint density at radius 1 is 1.13 bits per heavy atom. The van der Waals surface area contributed by atoms with Crippen molar-refractivity contribution < 1.29 is 31.6 Å². The molecule has 1 fully saturated rings. The van der Waals surface area contributed by atoms with Crippen molar-refractivity contribution in [1.29, 1.82) is 0 Å². The molecule has 1 aliphatic rings. The highest BCUT2D eigenvalue weighted by molar-refractivity contribution is 6.05. The largest absolute Gasteiger partial charge is 0.496 e. The zero-order valence-corrected chi connectivity index (χ0v) is 21.6. The van der Waals surface area contributed by atoms with Gasteiger partial charge in [-0.05, 0) is 32.9 Å². The number of aromatic nitrogens is 4. The summed E-state index contributed by atoms with van der Waals surface area (Å²) in [7, 11) is 1.56. The van der Waals surface area contributed by atoms with Crippen LogP contribution in [-0.2, 0) is 11.3 Å². The molecule has 12 heteroatoms. The van der Waals surface area contributed by atoms with Crippen molar-refractivity contribution in [3.05, 3.63) is 35.6 Å². The molecule has 5 rings (SSSR count). The van der Waals surface area contributed by atoms with Gasteiger partial charge < -0.3 is 18.6 Å². The summed E-state index contributed by atoms with van der Waals surface area (Å²) in [5.74, 6) is -0.910. The SMILES string of the molecule is COc1cc2c(cc1-c1c(C)noc1C)ncc1nc(CN3CCC(F)(F)CC3)n([C@H](C)COC(F)F)c12. The van der Waals surface area contributed by atoms with Gasteiger partial charge in [-0.3, -0.25) is 9.88 Å². The van der Waals surface area contributed by atoms with Crippen molar-refractivity contribution in [2.24, 2.45) is 0 Å². The number of pyridine rings is 1. The van der Waals surface area contributed by atoms with Gasteiger partial charge in [-0.15, -0.1) is 0 Å². The van der Waals surface area contributed by atoms with E-state index in [4.69, 9.17) is 14.2 Å². The van der Waals surface area contributed by atoms with E-state index in [2.05, 4.69) is 14.9 Å². The fourth-order valence-electron chi connectivity index (χ4n) is 5.19. The number of aryl methyl sites for hydroxylation is 2. The van der Waals surface area contributed by atoms with Crippen LogP contribution in [0.3, 0.4) is 0 Å². The molecule has 38 heavy (non-hydrogen) atoms. The lowest BCUT2D eigenvalue weighted by molar-refractivity contribution is -0.135. The van der Waals surface area contributed by atoms with Gasteiger partial charge in [0.15, 0.2) is 0 Å². The molecule has 4 aromatic rings. The van der Waals surface area contributed by atoms with Crippen LogP contribution in [0.1, 0.15) is 43.1 Å². The maximum atomic E-state index is 13.7. The van der Waals surface area contributed by atoms with Crippen molar-refractivity contribution in [2.45, 2.75) is 58.7 Å². The highest BCUT2D eigenvalue weighted by Gasteiger charge is 2.34. The van der Waals surface area contributed by atoms with Gasteiger partial charge >= 0.3 is 6.61 Å². The Morgan fingerprint density at radius 2 is 1.87 bits per heavy atom. The molecule has 4 heterocycles. The molecule has 0 saturated carbocycles. The minimum absolute atomic E-state index is 0.214. The van der Waals surface area contributed by atoms with Crippen molar-refractivity contribution in [1.82, 2.24) is 24.6 Å². The van der Waals surface area contributed by atoms with Crippen LogP contribution in [0.15, 0.2) is 22.9 Å². The standard InChI is InChI=1S/C26H29F4N5O3/c1-14(13-37-25(27)28)35-22(12-34-7-5-26(29,30)6-8-34)32-20-11-31-19-9-18(23-15(2)33-38-16(23)3)21(36-4)10-17(19)24(20)35/h9-11,14,25H,5-8,12-13H2,1-4H3/t14-/m1/s1. The van der Waals surface area contributed by atoms with Crippen LogP contribution >= 0.6 is 0 Å². The van der Waals surface area contributed by atoms with Gasteiger partial charge in [0.05, 0.1) is 54.8 Å². The quantitative estimate of drug-likeness (QED) is 0.260. The van der Waals surface area contributed by atoms with E-state index in [0.717, 1.165) is 11.1 Å². The predicted octanol–water partition coefficient (Wildman–Crippen LogP) is 5.90. The highest BCUT2D eigenvalue weighted by atomic mass is 19.3. The molecule has 0 bridgehead atoms. The highest BCUT2D eigenvalue weighted by Crippen LogP contribution is 2.40. The summed E-state index contributed by atoms with van der Waals surface area (Å²) < 4.78 is 70.9. The maximum Gasteiger partial charge on any atom is 0.345 e. The van der Waals surface area contributed by atoms with Crippen LogP contribution < -0.4 is 4.74 Å². The smallest absolute Gasteiger partial charge is 0.345 e. The van der Waals surface area contributed by atoms with E-state index in [0.29, 0.717) is 51.5 Å². The minimum Gasteiger partial charge on any atom is -0.496 e. The Labute approximate surface area is 216 Å². The molecule has 0 unspecified atom stereocenters. The second kappa shape index (κ2) is 10.1. The topological polar surface area (TPSA) is 78.4 Å². The zero-order chi connectivity index (χ0) is 27.2. The Bertz CT molecular complexity index is 1440. The molecule has 1 atom stereocenters. The number of hydrogen-bond acceptors (Lipinski definition) is 7. The van der Waals surface area contributed by atoms with E-state index >= 15 is 0 Å². The number of likely N-dealkylation sites (tertiary alicyclic amines) is 1. The maximum absolute atomic E-state index is 13.7. The first-order valence-corrected chi connectivity index (χ1v) is 12.4. The molecule has 0 spiro atoms. The van der Waals surface area contributed by atoms with Gasteiger partial charge in [0, 0.05) is 36.9 Å². The van der Waals surface area contributed by atoms with E-state index in [1.807, 2.05) is 35.4 Å². The number of fused-ring (bicyclic) bond motifs is 3. The second-order valence-electron chi connectivity index (χ2n) is 9.73. The molecule has 0 aliphatic carbocycles. The van der Waals surface area contributed by atoms with Gasteiger partial charge in [-0.1, -0.05) is 5.16 Å². The van der Waals surface area contributed by atoms with E-state index in [-0.39, 0.29) is 32.5 Å². The molecule has 1 aromatic carbocycles. The summed E-state index contributed by atoms with van der Waals surface area (Å²) in [6.07, 6.45) is 1.17. The van der Waals surface area contributed by atoms with E-state index in [9.17, 15) is 17.6 Å². The van der Waals surface area contributed by atoms with Crippen LogP contribution in [0, 0.1) is 13.8 Å². The van der Waals surface area contributed by atoms with Crippen molar-refractivity contribution in [3.63, 3.8) is 0 Å². The molecule has 1 aliphatic heterocycles. The summed E-state index contributed by atoms with van der Waals surface area (Å²) in [6.45, 7) is 2.96. The molecule has 0 radical (unpaired) electrons. The fourth-order valence-corrected chi connectivity index (χ4v) is 5.19. The first kappa shape index (κ1) is 26.4.